The number of rotatable bonds is 2. The van der Waals surface area contributed by atoms with E-state index < -0.39 is 0 Å². The fourth-order valence-electron chi connectivity index (χ4n) is 1.28. The summed E-state index contributed by atoms with van der Waals surface area (Å²) in [4.78, 5) is 8.27. The van der Waals surface area contributed by atoms with Gasteiger partial charge in [0, 0.05) is 11.6 Å². The fraction of sp³-hybridized carbons (Fsp3) is 0.556. The Balaban J connectivity index is 2.20. The van der Waals surface area contributed by atoms with E-state index >= 15 is 0 Å². The van der Waals surface area contributed by atoms with Crippen molar-refractivity contribution in [1.82, 2.24) is 9.97 Å². The first-order valence-corrected chi connectivity index (χ1v) is 4.47. The third-order valence-corrected chi connectivity index (χ3v) is 2.29. The summed E-state index contributed by atoms with van der Waals surface area (Å²) in [6.45, 7) is 4.03. The van der Waals surface area contributed by atoms with E-state index in [0.717, 1.165) is 5.82 Å². The van der Waals surface area contributed by atoms with Gasteiger partial charge in [0.2, 0.25) is 0 Å². The summed E-state index contributed by atoms with van der Waals surface area (Å²) in [7, 11) is 0. The van der Waals surface area contributed by atoms with Crippen molar-refractivity contribution in [3.05, 3.63) is 11.9 Å². The lowest BCUT2D eigenvalue weighted by Crippen LogP contribution is -2.17. The highest BCUT2D eigenvalue weighted by Gasteiger charge is 2.37. The molecule has 2 rings (SSSR count). The molecule has 3 N–H and O–H groups in total. The molecule has 1 aromatic heterocycles. The van der Waals surface area contributed by atoms with Gasteiger partial charge in [-0.25, -0.2) is 9.97 Å². The van der Waals surface area contributed by atoms with Gasteiger partial charge in [0.05, 0.1) is 0 Å². The van der Waals surface area contributed by atoms with E-state index in [0.29, 0.717) is 11.6 Å². The van der Waals surface area contributed by atoms with Gasteiger partial charge in [0.1, 0.15) is 17.5 Å². The molecule has 0 saturated heterocycles. The second-order valence-corrected chi connectivity index (χ2v) is 3.91. The Morgan fingerprint density at radius 1 is 1.46 bits per heavy atom. The lowest BCUT2D eigenvalue weighted by atomic mass is 10.3. The number of hydrogen-bond donors (Lipinski definition) is 2. The van der Waals surface area contributed by atoms with Crippen molar-refractivity contribution >= 4 is 11.6 Å². The molecule has 1 fully saturated rings. The van der Waals surface area contributed by atoms with Crippen molar-refractivity contribution in [2.45, 2.75) is 32.2 Å². The molecule has 0 amide bonds. The van der Waals surface area contributed by atoms with Crippen molar-refractivity contribution in [1.29, 1.82) is 0 Å². The molecule has 1 aromatic rings. The van der Waals surface area contributed by atoms with Crippen LogP contribution in [-0.2, 0) is 0 Å². The van der Waals surface area contributed by atoms with Gasteiger partial charge in [0.25, 0.3) is 0 Å². The van der Waals surface area contributed by atoms with Crippen LogP contribution >= 0.6 is 0 Å². The van der Waals surface area contributed by atoms with Gasteiger partial charge in [-0.15, -0.1) is 0 Å². The summed E-state index contributed by atoms with van der Waals surface area (Å²) in [5, 5.41) is 3.34. The number of nitrogens with one attached hydrogen (secondary N) is 1. The van der Waals surface area contributed by atoms with Crippen molar-refractivity contribution in [2.75, 3.05) is 11.1 Å². The molecule has 70 valence electrons. The Morgan fingerprint density at radius 3 is 2.69 bits per heavy atom. The van der Waals surface area contributed by atoms with Crippen LogP contribution in [0.25, 0.3) is 0 Å². The first-order valence-electron chi connectivity index (χ1n) is 4.47. The highest BCUT2D eigenvalue weighted by molar-refractivity contribution is 5.47. The van der Waals surface area contributed by atoms with Gasteiger partial charge in [0.15, 0.2) is 0 Å². The molecule has 13 heavy (non-hydrogen) atoms. The summed E-state index contributed by atoms with van der Waals surface area (Å²) in [5.74, 6) is 2.08. The number of aromatic nitrogens is 2. The number of nitrogens with two attached hydrogens (primary N) is 1. The number of anilines is 2. The summed E-state index contributed by atoms with van der Waals surface area (Å²) >= 11 is 0. The smallest absolute Gasteiger partial charge is 0.132 e. The molecule has 0 spiro atoms. The Labute approximate surface area is 77.6 Å². The maximum absolute atomic E-state index is 5.61. The van der Waals surface area contributed by atoms with Gasteiger partial charge >= 0.3 is 0 Å². The number of aryl methyl sites for hydroxylation is 1. The number of nitrogens with zero attached hydrogens (tertiary/aromatic N) is 2. The van der Waals surface area contributed by atoms with E-state index in [-0.39, 0.29) is 5.54 Å². The molecular weight excluding hydrogens is 164 g/mol. The predicted molar refractivity (Wildman–Crippen MR) is 52.4 cm³/mol. The first kappa shape index (κ1) is 8.29. The molecule has 0 unspecified atom stereocenters. The molecule has 1 heterocycles. The largest absolute Gasteiger partial charge is 0.384 e. The van der Waals surface area contributed by atoms with Gasteiger partial charge < -0.3 is 11.1 Å². The van der Waals surface area contributed by atoms with Crippen LogP contribution < -0.4 is 11.1 Å². The van der Waals surface area contributed by atoms with Crippen molar-refractivity contribution in [3.8, 4) is 0 Å². The van der Waals surface area contributed by atoms with Gasteiger partial charge in [-0.3, -0.25) is 0 Å². The molecule has 0 atom stereocenters. The minimum atomic E-state index is 0.243. The van der Waals surface area contributed by atoms with E-state index in [1.165, 1.54) is 12.8 Å². The SMILES string of the molecule is Cc1nc(N)cc(NC2(C)CC2)n1. The van der Waals surface area contributed by atoms with Crippen LogP contribution in [0.5, 0.6) is 0 Å². The maximum atomic E-state index is 5.61. The Hall–Kier alpha value is -1.32. The molecule has 1 saturated carbocycles. The Bertz CT molecular complexity index is 310. The van der Waals surface area contributed by atoms with Crippen molar-refractivity contribution in [3.63, 3.8) is 0 Å². The highest BCUT2D eigenvalue weighted by atomic mass is 15.1. The molecule has 0 aromatic carbocycles. The fourth-order valence-corrected chi connectivity index (χ4v) is 1.28. The van der Waals surface area contributed by atoms with Crippen LogP contribution in [0.2, 0.25) is 0 Å². The monoisotopic (exact) mass is 178 g/mol. The Kier molecular flexibility index (Phi) is 1.65. The zero-order valence-electron chi connectivity index (χ0n) is 7.96. The molecule has 0 bridgehead atoms. The molecule has 0 aliphatic heterocycles. The van der Waals surface area contributed by atoms with Gasteiger partial charge in [-0.05, 0) is 26.7 Å². The molecule has 0 radical (unpaired) electrons. The summed E-state index contributed by atoms with van der Waals surface area (Å²) in [6, 6.07) is 1.77. The average molecular weight is 178 g/mol. The lowest BCUT2D eigenvalue weighted by Gasteiger charge is -2.12. The topological polar surface area (TPSA) is 63.8 Å². The van der Waals surface area contributed by atoms with Crippen LogP contribution in [0, 0.1) is 6.92 Å². The molecule has 1 aliphatic rings. The molecular formula is C9H14N4. The van der Waals surface area contributed by atoms with Crippen molar-refractivity contribution < 1.29 is 0 Å². The molecule has 4 heteroatoms. The summed E-state index contributed by atoms with van der Waals surface area (Å²) in [6.07, 6.45) is 2.41. The Morgan fingerprint density at radius 2 is 2.15 bits per heavy atom. The lowest BCUT2D eigenvalue weighted by molar-refractivity contribution is 0.817. The minimum Gasteiger partial charge on any atom is -0.384 e. The average Bonchev–Trinajstić information content (AvgIpc) is 2.64. The van der Waals surface area contributed by atoms with Crippen LogP contribution in [0.3, 0.4) is 0 Å². The van der Waals surface area contributed by atoms with Crippen LogP contribution in [-0.4, -0.2) is 15.5 Å². The van der Waals surface area contributed by atoms with E-state index in [4.69, 9.17) is 5.73 Å². The predicted octanol–water partition coefficient (Wildman–Crippen LogP) is 1.33. The third kappa shape index (κ3) is 1.88. The zero-order chi connectivity index (χ0) is 9.47. The summed E-state index contributed by atoms with van der Waals surface area (Å²) < 4.78 is 0. The maximum Gasteiger partial charge on any atom is 0.132 e. The molecule has 4 nitrogen and oxygen atoms in total. The summed E-state index contributed by atoms with van der Waals surface area (Å²) in [5.41, 5.74) is 5.85. The number of nitrogen functional groups attached to an aromatic ring is 1. The second kappa shape index (κ2) is 2.58. The van der Waals surface area contributed by atoms with E-state index in [2.05, 4.69) is 22.2 Å². The van der Waals surface area contributed by atoms with Crippen LogP contribution in [0.15, 0.2) is 6.07 Å². The quantitative estimate of drug-likeness (QED) is 0.717. The minimum absolute atomic E-state index is 0.243. The normalized spacial score (nSPS) is 18.3. The third-order valence-electron chi connectivity index (χ3n) is 2.29. The van der Waals surface area contributed by atoms with Gasteiger partial charge in [-0.2, -0.15) is 0 Å². The van der Waals surface area contributed by atoms with Crippen molar-refractivity contribution in [2.24, 2.45) is 0 Å². The van der Waals surface area contributed by atoms with E-state index in [1.54, 1.807) is 6.07 Å². The van der Waals surface area contributed by atoms with E-state index in [1.807, 2.05) is 6.92 Å². The second-order valence-electron chi connectivity index (χ2n) is 3.91. The molecule has 1 aliphatic carbocycles. The van der Waals surface area contributed by atoms with Gasteiger partial charge in [-0.1, -0.05) is 0 Å². The zero-order valence-corrected chi connectivity index (χ0v) is 7.96. The number of hydrogen-bond acceptors (Lipinski definition) is 4. The standard InChI is InChI=1S/C9H14N4/c1-6-11-7(10)5-8(12-6)13-9(2)3-4-9/h5H,3-4H2,1-2H3,(H3,10,11,12,13). The van der Waals surface area contributed by atoms with Crippen LogP contribution in [0.1, 0.15) is 25.6 Å². The first-order chi connectivity index (χ1) is 6.07. The van der Waals surface area contributed by atoms with E-state index in [9.17, 15) is 0 Å². The highest BCUT2D eigenvalue weighted by Crippen LogP contribution is 2.37. The van der Waals surface area contributed by atoms with Crippen LogP contribution in [0.4, 0.5) is 11.6 Å².